The van der Waals surface area contributed by atoms with E-state index in [0.717, 1.165) is 0 Å². The number of carbonyl (C=O) groups is 1. The molecule has 0 aromatic rings. The zero-order chi connectivity index (χ0) is 16.0. The zero-order valence-electron chi connectivity index (χ0n) is 11.0. The van der Waals surface area contributed by atoms with Gasteiger partial charge in [0.05, 0.1) is 12.8 Å². The minimum atomic E-state index is -4.53. The maximum absolute atomic E-state index is 12.1. The topological polar surface area (TPSA) is 35.5 Å². The van der Waals surface area contributed by atoms with Gasteiger partial charge < -0.3 is 9.47 Å². The molecule has 20 heavy (non-hydrogen) atoms. The fourth-order valence-electron chi connectivity index (χ4n) is 1.35. The number of ether oxygens (including phenoxy) is 2. The Morgan fingerprint density at radius 3 is 1.35 bits per heavy atom. The van der Waals surface area contributed by atoms with E-state index in [4.69, 9.17) is 0 Å². The summed E-state index contributed by atoms with van der Waals surface area (Å²) in [5, 5.41) is 0. The van der Waals surface area contributed by atoms with Gasteiger partial charge in [-0.1, -0.05) is 13.8 Å². The molecule has 2 atom stereocenters. The molecule has 0 radical (unpaired) electrons. The monoisotopic (exact) mass is 310 g/mol. The summed E-state index contributed by atoms with van der Waals surface area (Å²) in [6.45, 7) is 2.72. The van der Waals surface area contributed by atoms with Crippen LogP contribution in [-0.2, 0) is 9.47 Å². The molecule has 0 N–H and O–H groups in total. The Hall–Kier alpha value is -1.15. The Balaban J connectivity index is 4.37. The first-order chi connectivity index (χ1) is 8.96. The molecule has 9 heteroatoms. The summed E-state index contributed by atoms with van der Waals surface area (Å²) in [5.41, 5.74) is 0. The van der Waals surface area contributed by atoms with Crippen molar-refractivity contribution in [2.24, 2.45) is 0 Å². The summed E-state index contributed by atoms with van der Waals surface area (Å²) in [7, 11) is 0. The van der Waals surface area contributed by atoms with E-state index in [0.29, 0.717) is 0 Å². The predicted molar refractivity (Wildman–Crippen MR) is 57.1 cm³/mol. The lowest BCUT2D eigenvalue weighted by atomic mass is 10.2. The highest BCUT2D eigenvalue weighted by molar-refractivity contribution is 5.60. The van der Waals surface area contributed by atoms with E-state index in [9.17, 15) is 31.1 Å². The molecule has 0 amide bonds. The number of rotatable bonds is 6. The maximum Gasteiger partial charge on any atom is 0.508 e. The van der Waals surface area contributed by atoms with Crippen molar-refractivity contribution in [3.8, 4) is 0 Å². The molecule has 0 aliphatic heterocycles. The zero-order valence-corrected chi connectivity index (χ0v) is 11.0. The lowest BCUT2D eigenvalue weighted by Gasteiger charge is -2.21. The number of halogens is 6. The fourth-order valence-corrected chi connectivity index (χ4v) is 1.35. The maximum atomic E-state index is 12.1. The number of hydrogen-bond donors (Lipinski definition) is 0. The van der Waals surface area contributed by atoms with Gasteiger partial charge in [0.15, 0.2) is 0 Å². The van der Waals surface area contributed by atoms with Gasteiger partial charge in [0, 0.05) is 0 Å². The van der Waals surface area contributed by atoms with E-state index in [-0.39, 0.29) is 12.8 Å². The number of hydrogen-bond acceptors (Lipinski definition) is 3. The van der Waals surface area contributed by atoms with Crippen molar-refractivity contribution in [1.82, 2.24) is 0 Å². The summed E-state index contributed by atoms with van der Waals surface area (Å²) in [6, 6.07) is 0. The molecule has 0 aromatic carbocycles. The van der Waals surface area contributed by atoms with Crippen LogP contribution in [0.4, 0.5) is 31.1 Å². The lowest BCUT2D eigenvalue weighted by molar-refractivity contribution is -0.164. The molecule has 0 fully saturated rings. The second-order valence-corrected chi connectivity index (χ2v) is 4.18. The summed E-state index contributed by atoms with van der Waals surface area (Å²) < 4.78 is 81.4. The molecule has 0 aliphatic carbocycles. The Bertz CT molecular complexity index is 272. The molecule has 0 rings (SSSR count). The number of carbonyl (C=O) groups excluding carboxylic acids is 1. The van der Waals surface area contributed by atoms with Crippen LogP contribution in [0, 0.1) is 0 Å². The van der Waals surface area contributed by atoms with Crippen LogP contribution in [-0.4, -0.2) is 30.7 Å². The third kappa shape index (κ3) is 9.74. The molecule has 3 nitrogen and oxygen atoms in total. The normalized spacial score (nSPS) is 15.6. The lowest BCUT2D eigenvalue weighted by Crippen LogP contribution is -2.29. The molecule has 0 aliphatic rings. The van der Waals surface area contributed by atoms with Crippen LogP contribution in [0.2, 0.25) is 0 Å². The molecule has 0 aromatic heterocycles. The highest BCUT2D eigenvalue weighted by atomic mass is 19.4. The molecular formula is C11H16F6O3. The first kappa shape index (κ1) is 18.9. The molecule has 0 spiro atoms. The van der Waals surface area contributed by atoms with E-state index in [1.165, 1.54) is 13.8 Å². The van der Waals surface area contributed by atoms with Crippen molar-refractivity contribution >= 4 is 6.16 Å². The third-order valence-corrected chi connectivity index (χ3v) is 2.35. The van der Waals surface area contributed by atoms with Gasteiger partial charge in [-0.3, -0.25) is 0 Å². The summed E-state index contributed by atoms with van der Waals surface area (Å²) in [5.74, 6) is 0. The smallest absolute Gasteiger partial charge is 0.431 e. The average Bonchev–Trinajstić information content (AvgIpc) is 2.23. The van der Waals surface area contributed by atoms with Crippen LogP contribution >= 0.6 is 0 Å². The fraction of sp³-hybridized carbons (Fsp3) is 0.909. The molecule has 0 bridgehead atoms. The number of alkyl halides is 6. The largest absolute Gasteiger partial charge is 0.508 e. The second-order valence-electron chi connectivity index (χ2n) is 4.18. The van der Waals surface area contributed by atoms with Gasteiger partial charge >= 0.3 is 18.5 Å². The van der Waals surface area contributed by atoms with Gasteiger partial charge in [-0.25, -0.2) is 4.79 Å². The van der Waals surface area contributed by atoms with Crippen LogP contribution in [0.25, 0.3) is 0 Å². The Labute approximate surface area is 112 Å². The average molecular weight is 310 g/mol. The first-order valence-corrected chi connectivity index (χ1v) is 5.97. The third-order valence-electron chi connectivity index (χ3n) is 2.35. The highest BCUT2D eigenvalue weighted by Crippen LogP contribution is 2.26. The Morgan fingerprint density at radius 1 is 0.850 bits per heavy atom. The first-order valence-electron chi connectivity index (χ1n) is 5.97. The second kappa shape index (κ2) is 7.58. The van der Waals surface area contributed by atoms with Crippen molar-refractivity contribution in [3.05, 3.63) is 0 Å². The van der Waals surface area contributed by atoms with Crippen molar-refractivity contribution in [2.75, 3.05) is 0 Å². The van der Waals surface area contributed by atoms with Gasteiger partial charge in [0.2, 0.25) is 0 Å². The predicted octanol–water partition coefficient (Wildman–Crippen LogP) is 4.60. The minimum Gasteiger partial charge on any atom is -0.431 e. The summed E-state index contributed by atoms with van der Waals surface area (Å²) in [6.07, 6.45) is -16.5. The van der Waals surface area contributed by atoms with Crippen LogP contribution in [0.1, 0.15) is 39.5 Å². The van der Waals surface area contributed by atoms with Crippen molar-refractivity contribution in [3.63, 3.8) is 0 Å². The van der Waals surface area contributed by atoms with Crippen LogP contribution in [0.3, 0.4) is 0 Å². The van der Waals surface area contributed by atoms with Gasteiger partial charge in [-0.05, 0) is 12.8 Å². The van der Waals surface area contributed by atoms with Crippen molar-refractivity contribution in [2.45, 2.75) is 64.1 Å². The van der Waals surface area contributed by atoms with Gasteiger partial charge in [-0.2, -0.15) is 26.3 Å². The Morgan fingerprint density at radius 2 is 1.15 bits per heavy atom. The van der Waals surface area contributed by atoms with Crippen molar-refractivity contribution < 1.29 is 40.6 Å². The molecule has 0 saturated carbocycles. The van der Waals surface area contributed by atoms with Crippen LogP contribution in [0.15, 0.2) is 0 Å². The quantitative estimate of drug-likeness (QED) is 0.531. The standard InChI is InChI=1S/C11H16F6O3/c1-3-7(5-10(12,13)14)19-9(18)20-8(4-2)6-11(15,16)17/h7-8H,3-6H2,1-2H3. The molecule has 0 heterocycles. The molecule has 0 saturated heterocycles. The molecular weight excluding hydrogens is 294 g/mol. The van der Waals surface area contributed by atoms with Crippen molar-refractivity contribution in [1.29, 1.82) is 0 Å². The van der Waals surface area contributed by atoms with E-state index >= 15 is 0 Å². The van der Waals surface area contributed by atoms with E-state index in [2.05, 4.69) is 9.47 Å². The van der Waals surface area contributed by atoms with Gasteiger partial charge in [0.25, 0.3) is 0 Å². The van der Waals surface area contributed by atoms with Gasteiger partial charge in [0.1, 0.15) is 12.2 Å². The van der Waals surface area contributed by atoms with E-state index < -0.39 is 43.6 Å². The summed E-state index contributed by atoms with van der Waals surface area (Å²) >= 11 is 0. The van der Waals surface area contributed by atoms with Gasteiger partial charge in [-0.15, -0.1) is 0 Å². The SMILES string of the molecule is CCC(CC(F)(F)F)OC(=O)OC(CC)CC(F)(F)F. The van der Waals surface area contributed by atoms with Crippen LogP contribution < -0.4 is 0 Å². The molecule has 2 unspecified atom stereocenters. The highest BCUT2D eigenvalue weighted by Gasteiger charge is 2.35. The van der Waals surface area contributed by atoms with Crippen LogP contribution in [0.5, 0.6) is 0 Å². The molecule has 120 valence electrons. The van der Waals surface area contributed by atoms with E-state index in [1.807, 2.05) is 0 Å². The summed E-state index contributed by atoms with van der Waals surface area (Å²) in [4.78, 5) is 11.2. The van der Waals surface area contributed by atoms with E-state index in [1.54, 1.807) is 0 Å². The Kier molecular flexibility index (Phi) is 7.15. The minimum absolute atomic E-state index is 0.120.